The highest BCUT2D eigenvalue weighted by Crippen LogP contribution is 2.38. The molecule has 5 rings (SSSR count). The maximum absolute atomic E-state index is 13.2. The predicted octanol–water partition coefficient (Wildman–Crippen LogP) is 5.05. The average Bonchev–Trinajstić information content (AvgIpc) is 3.49. The predicted molar refractivity (Wildman–Crippen MR) is 122 cm³/mol. The molecule has 2 aliphatic rings. The van der Waals surface area contributed by atoms with Gasteiger partial charge in [0.05, 0.1) is 18.2 Å². The van der Waals surface area contributed by atoms with Crippen LogP contribution < -0.4 is 9.47 Å². The molecule has 0 N–H and O–H groups in total. The van der Waals surface area contributed by atoms with E-state index in [-0.39, 0.29) is 11.9 Å². The average molecular weight is 435 g/mol. The number of ether oxygens (including phenoxy) is 2. The quantitative estimate of drug-likeness (QED) is 0.564. The third-order valence-electron chi connectivity index (χ3n) is 6.02. The first-order valence-electron chi connectivity index (χ1n) is 10.9. The van der Waals surface area contributed by atoms with Crippen LogP contribution in [0.4, 0.5) is 0 Å². The number of hydrogen-bond acceptors (Lipinski definition) is 5. The molecule has 1 atom stereocenters. The number of likely N-dealkylation sites (tertiary alicyclic amines) is 1. The van der Waals surface area contributed by atoms with Gasteiger partial charge >= 0.3 is 0 Å². The SMILES string of the molecule is CCc1ccc(-c2nc(CC(=O)N3CCCC3c3ccc4c(c3)OCCO4)cs2)cc1. The molecule has 1 saturated heterocycles. The van der Waals surface area contributed by atoms with E-state index in [2.05, 4.69) is 37.3 Å². The van der Waals surface area contributed by atoms with Gasteiger partial charge in [0, 0.05) is 17.5 Å². The number of aromatic nitrogens is 1. The lowest BCUT2D eigenvalue weighted by Gasteiger charge is -2.26. The molecule has 0 radical (unpaired) electrons. The van der Waals surface area contributed by atoms with Gasteiger partial charge in [-0.05, 0) is 42.5 Å². The minimum Gasteiger partial charge on any atom is -0.486 e. The minimum atomic E-state index is 0.0861. The largest absolute Gasteiger partial charge is 0.486 e. The zero-order valence-electron chi connectivity index (χ0n) is 17.7. The number of hydrogen-bond donors (Lipinski definition) is 0. The fourth-order valence-electron chi connectivity index (χ4n) is 4.34. The molecular formula is C25H26N2O3S. The molecule has 5 nitrogen and oxygen atoms in total. The summed E-state index contributed by atoms with van der Waals surface area (Å²) < 4.78 is 11.4. The van der Waals surface area contributed by atoms with E-state index in [4.69, 9.17) is 14.5 Å². The number of nitrogens with zero attached hydrogens (tertiary/aromatic N) is 2. The molecule has 2 aliphatic heterocycles. The molecule has 3 heterocycles. The molecule has 0 spiro atoms. The molecule has 1 fully saturated rings. The number of carbonyl (C=O) groups is 1. The molecular weight excluding hydrogens is 408 g/mol. The van der Waals surface area contributed by atoms with E-state index in [0.29, 0.717) is 19.6 Å². The van der Waals surface area contributed by atoms with Crippen LogP contribution in [0.3, 0.4) is 0 Å². The molecule has 0 bridgehead atoms. The third kappa shape index (κ3) is 4.17. The number of rotatable bonds is 5. The van der Waals surface area contributed by atoms with E-state index < -0.39 is 0 Å². The Morgan fingerprint density at radius 2 is 1.94 bits per heavy atom. The maximum Gasteiger partial charge on any atom is 0.229 e. The maximum atomic E-state index is 13.2. The minimum absolute atomic E-state index is 0.0861. The lowest BCUT2D eigenvalue weighted by atomic mass is 10.0. The zero-order valence-corrected chi connectivity index (χ0v) is 18.5. The van der Waals surface area contributed by atoms with Crippen LogP contribution in [0.15, 0.2) is 47.8 Å². The van der Waals surface area contributed by atoms with Crippen molar-refractivity contribution in [2.45, 2.75) is 38.6 Å². The van der Waals surface area contributed by atoms with E-state index in [1.54, 1.807) is 11.3 Å². The van der Waals surface area contributed by atoms with Crippen LogP contribution in [-0.2, 0) is 17.6 Å². The second kappa shape index (κ2) is 8.71. The summed E-state index contributed by atoms with van der Waals surface area (Å²) in [6.45, 7) is 4.09. The van der Waals surface area contributed by atoms with Crippen molar-refractivity contribution < 1.29 is 14.3 Å². The molecule has 1 amide bonds. The lowest BCUT2D eigenvalue weighted by molar-refractivity contribution is -0.131. The Morgan fingerprint density at radius 3 is 2.74 bits per heavy atom. The molecule has 3 aromatic rings. The number of thiazole rings is 1. The fraction of sp³-hybridized carbons (Fsp3) is 0.360. The van der Waals surface area contributed by atoms with Gasteiger partial charge in [-0.15, -0.1) is 11.3 Å². The van der Waals surface area contributed by atoms with E-state index in [9.17, 15) is 4.79 Å². The van der Waals surface area contributed by atoms with Crippen molar-refractivity contribution >= 4 is 17.2 Å². The first-order valence-corrected chi connectivity index (χ1v) is 11.8. The molecule has 6 heteroatoms. The number of carbonyl (C=O) groups excluding carboxylic acids is 1. The van der Waals surface area contributed by atoms with Crippen LogP contribution >= 0.6 is 11.3 Å². The van der Waals surface area contributed by atoms with Gasteiger partial charge in [0.25, 0.3) is 0 Å². The number of fused-ring (bicyclic) bond motifs is 1. The van der Waals surface area contributed by atoms with Crippen molar-refractivity contribution in [1.29, 1.82) is 0 Å². The summed E-state index contributed by atoms with van der Waals surface area (Å²) in [6.07, 6.45) is 3.34. The molecule has 0 aliphatic carbocycles. The highest BCUT2D eigenvalue weighted by Gasteiger charge is 2.31. The van der Waals surface area contributed by atoms with Gasteiger partial charge in [0.15, 0.2) is 11.5 Å². The molecule has 0 saturated carbocycles. The van der Waals surface area contributed by atoms with Crippen molar-refractivity contribution in [2.75, 3.05) is 19.8 Å². The number of aryl methyl sites for hydroxylation is 1. The van der Waals surface area contributed by atoms with Gasteiger partial charge in [-0.1, -0.05) is 37.3 Å². The second-order valence-corrected chi connectivity index (χ2v) is 8.88. The van der Waals surface area contributed by atoms with Gasteiger partial charge in [0.2, 0.25) is 5.91 Å². The third-order valence-corrected chi connectivity index (χ3v) is 6.96. The second-order valence-electron chi connectivity index (χ2n) is 8.02. The number of amides is 1. The summed E-state index contributed by atoms with van der Waals surface area (Å²) in [4.78, 5) is 19.9. The smallest absolute Gasteiger partial charge is 0.229 e. The van der Waals surface area contributed by atoms with Gasteiger partial charge in [-0.2, -0.15) is 0 Å². The van der Waals surface area contributed by atoms with Crippen molar-refractivity contribution in [1.82, 2.24) is 9.88 Å². The highest BCUT2D eigenvalue weighted by atomic mass is 32.1. The Bertz CT molecular complexity index is 1080. The number of benzene rings is 2. The first kappa shape index (κ1) is 20.1. The van der Waals surface area contributed by atoms with Crippen molar-refractivity contribution in [3.05, 3.63) is 64.7 Å². The van der Waals surface area contributed by atoms with Gasteiger partial charge in [-0.25, -0.2) is 4.98 Å². The Labute approximate surface area is 186 Å². The summed E-state index contributed by atoms with van der Waals surface area (Å²) in [5.74, 6) is 1.70. The normalized spacial score (nSPS) is 17.7. The van der Waals surface area contributed by atoms with Crippen molar-refractivity contribution in [2.24, 2.45) is 0 Å². The van der Waals surface area contributed by atoms with E-state index >= 15 is 0 Å². The van der Waals surface area contributed by atoms with Crippen LogP contribution in [-0.4, -0.2) is 35.5 Å². The van der Waals surface area contributed by atoms with Gasteiger partial charge in [-0.3, -0.25) is 4.79 Å². The molecule has 1 unspecified atom stereocenters. The van der Waals surface area contributed by atoms with Crippen LogP contribution in [0.2, 0.25) is 0 Å². The fourth-order valence-corrected chi connectivity index (χ4v) is 5.17. The van der Waals surface area contributed by atoms with Gasteiger partial charge < -0.3 is 14.4 Å². The van der Waals surface area contributed by atoms with E-state index in [1.165, 1.54) is 5.56 Å². The molecule has 31 heavy (non-hydrogen) atoms. The molecule has 2 aromatic carbocycles. The topological polar surface area (TPSA) is 51.7 Å². The van der Waals surface area contributed by atoms with E-state index in [1.807, 2.05) is 22.4 Å². The van der Waals surface area contributed by atoms with Crippen LogP contribution in [0.1, 0.15) is 42.6 Å². The summed E-state index contributed by atoms with van der Waals surface area (Å²) >= 11 is 1.60. The van der Waals surface area contributed by atoms with Gasteiger partial charge in [0.1, 0.15) is 18.2 Å². The first-order chi connectivity index (χ1) is 15.2. The standard InChI is InChI=1S/C25H26N2O3S/c1-2-17-5-7-18(8-6-17)25-26-20(16-31-25)15-24(28)27-11-3-4-21(27)19-9-10-22-23(14-19)30-13-12-29-22/h5-10,14,16,21H,2-4,11-13,15H2,1H3. The van der Waals surface area contributed by atoms with Crippen LogP contribution in [0.5, 0.6) is 11.5 Å². The summed E-state index contributed by atoms with van der Waals surface area (Å²) in [5, 5.41) is 2.98. The lowest BCUT2D eigenvalue weighted by Crippen LogP contribution is -2.32. The summed E-state index contributed by atoms with van der Waals surface area (Å²) in [5.41, 5.74) is 4.38. The zero-order chi connectivity index (χ0) is 21.2. The Hall–Kier alpha value is -2.86. The molecule has 160 valence electrons. The summed E-state index contributed by atoms with van der Waals surface area (Å²) in [7, 11) is 0. The highest BCUT2D eigenvalue weighted by molar-refractivity contribution is 7.13. The monoisotopic (exact) mass is 434 g/mol. The Morgan fingerprint density at radius 1 is 1.13 bits per heavy atom. The molecule has 1 aromatic heterocycles. The van der Waals surface area contributed by atoms with E-state index in [0.717, 1.165) is 59.1 Å². The Kier molecular flexibility index (Phi) is 5.64. The van der Waals surface area contributed by atoms with Crippen LogP contribution in [0, 0.1) is 0 Å². The Balaban J connectivity index is 1.29. The van der Waals surface area contributed by atoms with Crippen molar-refractivity contribution in [3.8, 4) is 22.1 Å². The summed E-state index contributed by atoms with van der Waals surface area (Å²) in [6, 6.07) is 14.7. The van der Waals surface area contributed by atoms with Crippen molar-refractivity contribution in [3.63, 3.8) is 0 Å². The van der Waals surface area contributed by atoms with Crippen LogP contribution in [0.25, 0.3) is 10.6 Å².